The Balaban J connectivity index is 0.00000225. The van der Waals surface area contributed by atoms with Crippen molar-refractivity contribution in [2.75, 3.05) is 27.6 Å². The molecule has 4 rings (SSSR count). The molecular formula is C21H26ClNO5. The first-order valence-electron chi connectivity index (χ1n) is 9.17. The number of benzene rings is 2. The van der Waals surface area contributed by atoms with E-state index in [4.69, 9.17) is 23.7 Å². The zero-order valence-electron chi connectivity index (χ0n) is 16.3. The molecule has 2 aromatic rings. The molecule has 0 saturated carbocycles. The van der Waals surface area contributed by atoms with Crippen molar-refractivity contribution in [3.8, 4) is 23.0 Å². The first-order valence-corrected chi connectivity index (χ1v) is 9.17. The molecular weight excluding hydrogens is 382 g/mol. The number of ether oxygens (including phenoxy) is 5. The average molecular weight is 408 g/mol. The van der Waals surface area contributed by atoms with Gasteiger partial charge in [-0.1, -0.05) is 12.1 Å². The molecule has 0 saturated heterocycles. The molecule has 2 aromatic carbocycles. The number of hydrogen-bond donors (Lipinski definition) is 1. The Labute approximate surface area is 171 Å². The maximum Gasteiger partial charge on any atom is 0.231 e. The second-order valence-corrected chi connectivity index (χ2v) is 6.87. The summed E-state index contributed by atoms with van der Waals surface area (Å²) in [7, 11) is 3.30. The van der Waals surface area contributed by atoms with Crippen molar-refractivity contribution in [2.45, 2.75) is 32.1 Å². The van der Waals surface area contributed by atoms with Gasteiger partial charge in [0.05, 0.1) is 26.9 Å². The van der Waals surface area contributed by atoms with Crippen LogP contribution in [0.1, 0.15) is 29.7 Å². The molecule has 0 amide bonds. The van der Waals surface area contributed by atoms with E-state index in [1.165, 1.54) is 11.1 Å². The maximum absolute atomic E-state index is 5.98. The monoisotopic (exact) mass is 407 g/mol. The maximum atomic E-state index is 5.98. The molecule has 2 aliphatic rings. The fraction of sp³-hybridized carbons (Fsp3) is 0.429. The summed E-state index contributed by atoms with van der Waals surface area (Å²) in [6, 6.07) is 10.4. The molecule has 6 nitrogen and oxygen atoms in total. The Bertz CT molecular complexity index is 829. The van der Waals surface area contributed by atoms with Gasteiger partial charge in [-0.3, -0.25) is 0 Å². The molecule has 0 spiro atoms. The van der Waals surface area contributed by atoms with Crippen molar-refractivity contribution in [3.05, 3.63) is 47.0 Å². The van der Waals surface area contributed by atoms with Gasteiger partial charge in [0.1, 0.15) is 0 Å². The van der Waals surface area contributed by atoms with Crippen molar-refractivity contribution < 1.29 is 23.7 Å². The van der Waals surface area contributed by atoms with Crippen LogP contribution in [0.2, 0.25) is 0 Å². The minimum atomic E-state index is 0. The lowest BCUT2D eigenvalue weighted by atomic mass is 10.0. The van der Waals surface area contributed by atoms with E-state index in [9.17, 15) is 0 Å². The van der Waals surface area contributed by atoms with Crippen molar-refractivity contribution in [3.63, 3.8) is 0 Å². The zero-order chi connectivity index (χ0) is 18.8. The first-order chi connectivity index (χ1) is 13.2. The van der Waals surface area contributed by atoms with Gasteiger partial charge in [-0.2, -0.15) is 0 Å². The van der Waals surface area contributed by atoms with Crippen LogP contribution < -0.4 is 24.3 Å². The van der Waals surface area contributed by atoms with Crippen LogP contribution in [0.3, 0.4) is 0 Å². The third-order valence-corrected chi connectivity index (χ3v) is 5.10. The third kappa shape index (κ3) is 3.99. The van der Waals surface area contributed by atoms with Crippen molar-refractivity contribution in [1.29, 1.82) is 0 Å². The van der Waals surface area contributed by atoms with Crippen LogP contribution in [0.15, 0.2) is 30.3 Å². The van der Waals surface area contributed by atoms with E-state index in [-0.39, 0.29) is 25.3 Å². The van der Waals surface area contributed by atoms with E-state index < -0.39 is 0 Å². The normalized spacial score (nSPS) is 17.6. The first kappa shape index (κ1) is 20.6. The summed E-state index contributed by atoms with van der Waals surface area (Å²) >= 11 is 0. The fourth-order valence-electron chi connectivity index (χ4n) is 3.68. The van der Waals surface area contributed by atoms with E-state index in [2.05, 4.69) is 24.4 Å². The molecule has 0 bridgehead atoms. The minimum absolute atomic E-state index is 0. The summed E-state index contributed by atoms with van der Waals surface area (Å²) in [6.07, 6.45) is 0.920. The number of rotatable bonds is 7. The van der Waals surface area contributed by atoms with Gasteiger partial charge in [0.15, 0.2) is 23.0 Å². The van der Waals surface area contributed by atoms with Gasteiger partial charge >= 0.3 is 0 Å². The van der Waals surface area contributed by atoms with E-state index in [1.54, 1.807) is 14.2 Å². The van der Waals surface area contributed by atoms with E-state index in [1.807, 2.05) is 18.2 Å². The van der Waals surface area contributed by atoms with Gasteiger partial charge in [-0.15, -0.1) is 12.4 Å². The van der Waals surface area contributed by atoms with Crippen molar-refractivity contribution in [1.82, 2.24) is 5.32 Å². The molecule has 0 fully saturated rings. The summed E-state index contributed by atoms with van der Waals surface area (Å²) in [6.45, 7) is 3.78. The lowest BCUT2D eigenvalue weighted by Crippen LogP contribution is -2.32. The number of nitrogens with one attached hydrogen (secondary N) is 1. The number of hydrogen-bond acceptors (Lipinski definition) is 6. The predicted molar refractivity (Wildman–Crippen MR) is 108 cm³/mol. The second kappa shape index (κ2) is 8.90. The third-order valence-electron chi connectivity index (χ3n) is 5.10. The van der Waals surface area contributed by atoms with Crippen LogP contribution in [0.5, 0.6) is 23.0 Å². The number of methoxy groups -OCH3 is 2. The van der Waals surface area contributed by atoms with Gasteiger partial charge in [0.2, 0.25) is 6.79 Å². The molecule has 2 unspecified atom stereocenters. The lowest BCUT2D eigenvalue weighted by molar-refractivity contribution is 0.0635. The minimum Gasteiger partial charge on any atom is -0.493 e. The lowest BCUT2D eigenvalue weighted by Gasteiger charge is -2.18. The average Bonchev–Trinajstić information content (AvgIpc) is 3.32. The number of halogens is 1. The summed E-state index contributed by atoms with van der Waals surface area (Å²) in [5.74, 6) is 3.16. The van der Waals surface area contributed by atoms with Crippen LogP contribution in [-0.2, 0) is 17.8 Å². The fourth-order valence-corrected chi connectivity index (χ4v) is 3.68. The van der Waals surface area contributed by atoms with Crippen LogP contribution in [0, 0.1) is 0 Å². The molecule has 0 aromatic heterocycles. The van der Waals surface area contributed by atoms with Crippen molar-refractivity contribution >= 4 is 12.4 Å². The SMILES string of the molecule is COc1ccc(CC(C)NCC2OCc3c2ccc2c3OCO2)cc1OC.Cl. The summed E-state index contributed by atoms with van der Waals surface area (Å²) < 4.78 is 27.7. The van der Waals surface area contributed by atoms with Crippen LogP contribution in [0.4, 0.5) is 0 Å². The zero-order valence-corrected chi connectivity index (χ0v) is 17.1. The van der Waals surface area contributed by atoms with Gasteiger partial charge in [-0.05, 0) is 42.7 Å². The Morgan fingerprint density at radius 3 is 2.71 bits per heavy atom. The van der Waals surface area contributed by atoms with Crippen LogP contribution >= 0.6 is 12.4 Å². The largest absolute Gasteiger partial charge is 0.493 e. The molecule has 28 heavy (non-hydrogen) atoms. The molecule has 0 radical (unpaired) electrons. The highest BCUT2D eigenvalue weighted by Crippen LogP contribution is 2.44. The molecule has 0 aliphatic carbocycles. The quantitative estimate of drug-likeness (QED) is 0.756. The van der Waals surface area contributed by atoms with Gasteiger partial charge in [-0.25, -0.2) is 0 Å². The standard InChI is InChI=1S/C21H25NO5.ClH/c1-13(8-14-4-6-17(23-2)19(9-14)24-3)22-10-20-15-5-7-18-21(27-12-26-18)16(15)11-25-20;/h4-7,9,13,20,22H,8,10-12H2,1-3H3;1H. The van der Waals surface area contributed by atoms with E-state index in [0.717, 1.165) is 41.5 Å². The second-order valence-electron chi connectivity index (χ2n) is 6.87. The highest BCUT2D eigenvalue weighted by molar-refractivity contribution is 5.85. The van der Waals surface area contributed by atoms with Crippen LogP contribution in [0.25, 0.3) is 0 Å². The molecule has 2 heterocycles. The van der Waals surface area contributed by atoms with Crippen LogP contribution in [-0.4, -0.2) is 33.6 Å². The number of fused-ring (bicyclic) bond motifs is 3. The molecule has 2 atom stereocenters. The molecule has 1 N–H and O–H groups in total. The van der Waals surface area contributed by atoms with Gasteiger partial charge in [0, 0.05) is 18.2 Å². The topological polar surface area (TPSA) is 58.2 Å². The van der Waals surface area contributed by atoms with Gasteiger partial charge in [0.25, 0.3) is 0 Å². The smallest absolute Gasteiger partial charge is 0.231 e. The molecule has 2 aliphatic heterocycles. The Morgan fingerprint density at radius 1 is 1.11 bits per heavy atom. The van der Waals surface area contributed by atoms with Crippen molar-refractivity contribution in [2.24, 2.45) is 0 Å². The highest BCUT2D eigenvalue weighted by Gasteiger charge is 2.30. The Morgan fingerprint density at radius 2 is 1.93 bits per heavy atom. The van der Waals surface area contributed by atoms with E-state index >= 15 is 0 Å². The van der Waals surface area contributed by atoms with Gasteiger partial charge < -0.3 is 29.0 Å². The Hall–Kier alpha value is -2.15. The predicted octanol–water partition coefficient (Wildman–Crippen LogP) is 3.65. The molecule has 152 valence electrons. The van der Waals surface area contributed by atoms with E-state index in [0.29, 0.717) is 12.6 Å². The summed E-state index contributed by atoms with van der Waals surface area (Å²) in [5.41, 5.74) is 3.50. The Kier molecular flexibility index (Phi) is 6.54. The summed E-state index contributed by atoms with van der Waals surface area (Å²) in [5, 5.41) is 3.58. The molecule has 7 heteroatoms. The summed E-state index contributed by atoms with van der Waals surface area (Å²) in [4.78, 5) is 0. The highest BCUT2D eigenvalue weighted by atomic mass is 35.5.